The van der Waals surface area contributed by atoms with Gasteiger partial charge in [0.15, 0.2) is 6.61 Å². The molecule has 2 N–H and O–H groups in total. The van der Waals surface area contributed by atoms with Crippen LogP contribution in [0, 0.1) is 0 Å². The number of ether oxygens (including phenoxy) is 1. The van der Waals surface area contributed by atoms with E-state index in [0.717, 1.165) is 16.6 Å². The topological polar surface area (TPSA) is 115 Å². The minimum atomic E-state index is -0.705. The third-order valence-corrected chi connectivity index (χ3v) is 4.40. The van der Waals surface area contributed by atoms with Crippen molar-refractivity contribution in [2.24, 2.45) is 0 Å². The number of likely N-dealkylation sites (N-methyl/N-ethyl adjacent to an activating group) is 1. The van der Waals surface area contributed by atoms with Gasteiger partial charge in [0.2, 0.25) is 5.91 Å². The Labute approximate surface area is 173 Å². The molecule has 0 radical (unpaired) electrons. The molecule has 0 fully saturated rings. The monoisotopic (exact) mass is 409 g/mol. The van der Waals surface area contributed by atoms with E-state index in [1.54, 1.807) is 42.8 Å². The van der Waals surface area contributed by atoms with Gasteiger partial charge in [-0.25, -0.2) is 9.48 Å². The van der Waals surface area contributed by atoms with Gasteiger partial charge in [-0.2, -0.15) is 0 Å². The molecule has 0 saturated carbocycles. The summed E-state index contributed by atoms with van der Waals surface area (Å²) in [6.07, 6.45) is 0. The summed E-state index contributed by atoms with van der Waals surface area (Å²) in [5.74, 6) is -1.46. The Morgan fingerprint density at radius 3 is 2.57 bits per heavy atom. The van der Waals surface area contributed by atoms with Crippen molar-refractivity contribution < 1.29 is 19.1 Å². The fourth-order valence-corrected chi connectivity index (χ4v) is 2.84. The van der Waals surface area contributed by atoms with E-state index in [2.05, 4.69) is 20.9 Å². The lowest BCUT2D eigenvalue weighted by Gasteiger charge is -2.13. The molecule has 0 aliphatic rings. The van der Waals surface area contributed by atoms with E-state index >= 15 is 0 Å². The molecule has 1 heterocycles. The van der Waals surface area contributed by atoms with Crippen molar-refractivity contribution in [2.45, 2.75) is 26.4 Å². The molecule has 1 aromatic heterocycles. The van der Waals surface area contributed by atoms with Gasteiger partial charge in [-0.15, -0.1) is 5.10 Å². The van der Waals surface area contributed by atoms with E-state index in [1.807, 2.05) is 24.3 Å². The van der Waals surface area contributed by atoms with Gasteiger partial charge in [0.1, 0.15) is 11.6 Å². The van der Waals surface area contributed by atoms with Crippen LogP contribution in [-0.4, -0.2) is 52.0 Å². The Kier molecular flexibility index (Phi) is 6.74. The Balaban J connectivity index is 1.52. The highest BCUT2D eigenvalue weighted by molar-refractivity contribution is 5.92. The summed E-state index contributed by atoms with van der Waals surface area (Å²) in [7, 11) is 0. The first-order valence-electron chi connectivity index (χ1n) is 9.59. The number of hydrogen-bond acceptors (Lipinski definition) is 6. The van der Waals surface area contributed by atoms with Crippen molar-refractivity contribution in [3.05, 3.63) is 59.7 Å². The largest absolute Gasteiger partial charge is 0.452 e. The van der Waals surface area contributed by atoms with E-state index in [9.17, 15) is 14.4 Å². The summed E-state index contributed by atoms with van der Waals surface area (Å²) in [5, 5.41) is 13.3. The first-order chi connectivity index (χ1) is 14.5. The lowest BCUT2D eigenvalue weighted by Crippen LogP contribution is -2.46. The van der Waals surface area contributed by atoms with Crippen LogP contribution in [-0.2, 0) is 20.9 Å². The maximum Gasteiger partial charge on any atom is 0.338 e. The quantitative estimate of drug-likeness (QED) is 0.542. The van der Waals surface area contributed by atoms with E-state index in [4.69, 9.17) is 4.74 Å². The summed E-state index contributed by atoms with van der Waals surface area (Å²) in [6.45, 7) is 3.86. The molecule has 1 atom stereocenters. The number of nitrogens with zero attached hydrogens (tertiary/aromatic N) is 3. The highest BCUT2D eigenvalue weighted by Gasteiger charge is 2.16. The maximum atomic E-state index is 12.2. The fraction of sp³-hybridized carbons (Fsp3) is 0.286. The number of benzene rings is 2. The third kappa shape index (κ3) is 5.19. The van der Waals surface area contributed by atoms with E-state index in [-0.39, 0.29) is 5.91 Å². The standard InChI is InChI=1S/C21H23N5O4/c1-3-22-20(28)14(2)23-19(27)13-30-21(29)16-10-8-15(9-11-16)12-26-18-7-5-4-6-17(18)24-25-26/h4-11,14H,3,12-13H2,1-2H3,(H,22,28)(H,23,27)/t14-/m1/s1. The molecule has 0 spiro atoms. The van der Waals surface area contributed by atoms with Crippen molar-refractivity contribution in [2.75, 3.05) is 13.2 Å². The number of aromatic nitrogens is 3. The van der Waals surface area contributed by atoms with Gasteiger partial charge < -0.3 is 15.4 Å². The van der Waals surface area contributed by atoms with Crippen LogP contribution >= 0.6 is 0 Å². The van der Waals surface area contributed by atoms with Crippen LogP contribution in [0.25, 0.3) is 11.0 Å². The van der Waals surface area contributed by atoms with Gasteiger partial charge in [-0.1, -0.05) is 29.5 Å². The van der Waals surface area contributed by atoms with Crippen LogP contribution in [0.5, 0.6) is 0 Å². The smallest absolute Gasteiger partial charge is 0.338 e. The van der Waals surface area contributed by atoms with Gasteiger partial charge in [0, 0.05) is 6.54 Å². The van der Waals surface area contributed by atoms with Crippen molar-refractivity contribution in [3.8, 4) is 0 Å². The second-order valence-electron chi connectivity index (χ2n) is 6.69. The first kappa shape index (κ1) is 21.0. The van der Waals surface area contributed by atoms with Gasteiger partial charge in [-0.3, -0.25) is 9.59 Å². The van der Waals surface area contributed by atoms with Crippen LogP contribution in [0.2, 0.25) is 0 Å². The molecule has 0 unspecified atom stereocenters. The fourth-order valence-electron chi connectivity index (χ4n) is 2.84. The second-order valence-corrected chi connectivity index (χ2v) is 6.69. The Morgan fingerprint density at radius 2 is 1.83 bits per heavy atom. The molecule has 9 heteroatoms. The molecule has 2 amide bonds. The minimum Gasteiger partial charge on any atom is -0.452 e. The van der Waals surface area contributed by atoms with E-state index in [1.165, 1.54) is 0 Å². The van der Waals surface area contributed by atoms with Crippen LogP contribution < -0.4 is 10.6 Å². The molecule has 0 aliphatic heterocycles. The summed E-state index contributed by atoms with van der Waals surface area (Å²) < 4.78 is 6.80. The van der Waals surface area contributed by atoms with E-state index in [0.29, 0.717) is 18.7 Å². The zero-order valence-electron chi connectivity index (χ0n) is 16.8. The molecule has 9 nitrogen and oxygen atoms in total. The van der Waals surface area contributed by atoms with Gasteiger partial charge in [0.25, 0.3) is 5.91 Å². The number of para-hydroxylation sites is 1. The van der Waals surface area contributed by atoms with Gasteiger partial charge in [-0.05, 0) is 43.7 Å². The van der Waals surface area contributed by atoms with Crippen LogP contribution in [0.3, 0.4) is 0 Å². The lowest BCUT2D eigenvalue weighted by atomic mass is 10.1. The summed E-state index contributed by atoms with van der Waals surface area (Å²) in [6, 6.07) is 13.8. The van der Waals surface area contributed by atoms with Gasteiger partial charge >= 0.3 is 5.97 Å². The predicted molar refractivity (Wildman–Crippen MR) is 110 cm³/mol. The zero-order chi connectivity index (χ0) is 21.5. The van der Waals surface area contributed by atoms with Crippen molar-refractivity contribution in [3.63, 3.8) is 0 Å². The summed E-state index contributed by atoms with van der Waals surface area (Å²) >= 11 is 0. The van der Waals surface area contributed by atoms with Crippen LogP contribution in [0.1, 0.15) is 29.8 Å². The van der Waals surface area contributed by atoms with Crippen molar-refractivity contribution in [1.82, 2.24) is 25.6 Å². The number of esters is 1. The molecule has 30 heavy (non-hydrogen) atoms. The van der Waals surface area contributed by atoms with Crippen molar-refractivity contribution >= 4 is 28.8 Å². The summed E-state index contributed by atoms with van der Waals surface area (Å²) in [5.41, 5.74) is 3.01. The number of nitrogens with one attached hydrogen (secondary N) is 2. The first-order valence-corrected chi connectivity index (χ1v) is 9.59. The number of fused-ring (bicyclic) bond motifs is 1. The Morgan fingerprint density at radius 1 is 1.10 bits per heavy atom. The van der Waals surface area contributed by atoms with Gasteiger partial charge in [0.05, 0.1) is 17.6 Å². The van der Waals surface area contributed by atoms with Crippen LogP contribution in [0.4, 0.5) is 0 Å². The number of carbonyl (C=O) groups is 3. The van der Waals surface area contributed by atoms with Crippen LogP contribution in [0.15, 0.2) is 48.5 Å². The third-order valence-electron chi connectivity index (χ3n) is 4.40. The number of rotatable bonds is 8. The maximum absolute atomic E-state index is 12.2. The molecular formula is C21H23N5O4. The predicted octanol–water partition coefficient (Wildman–Crippen LogP) is 1.28. The molecule has 2 aromatic carbocycles. The molecular weight excluding hydrogens is 386 g/mol. The minimum absolute atomic E-state index is 0.298. The highest BCUT2D eigenvalue weighted by Crippen LogP contribution is 2.13. The van der Waals surface area contributed by atoms with Crippen molar-refractivity contribution in [1.29, 1.82) is 0 Å². The number of amides is 2. The molecule has 0 aliphatic carbocycles. The lowest BCUT2D eigenvalue weighted by molar-refractivity contribution is -0.130. The Bertz CT molecular complexity index is 1040. The normalized spacial score (nSPS) is 11.7. The van der Waals surface area contributed by atoms with E-state index < -0.39 is 24.5 Å². The second kappa shape index (κ2) is 9.64. The highest BCUT2D eigenvalue weighted by atomic mass is 16.5. The zero-order valence-corrected chi connectivity index (χ0v) is 16.8. The Hall–Kier alpha value is -3.75. The molecule has 0 bridgehead atoms. The number of carbonyl (C=O) groups excluding carboxylic acids is 3. The molecule has 0 saturated heterocycles. The average Bonchev–Trinajstić information content (AvgIpc) is 3.15. The number of hydrogen-bond donors (Lipinski definition) is 2. The molecule has 156 valence electrons. The molecule has 3 rings (SSSR count). The molecule has 3 aromatic rings. The SMILES string of the molecule is CCNC(=O)[C@@H](C)NC(=O)COC(=O)c1ccc(Cn2nnc3ccccc32)cc1. The summed E-state index contributed by atoms with van der Waals surface area (Å²) in [4.78, 5) is 35.6. The average molecular weight is 409 g/mol.